The summed E-state index contributed by atoms with van der Waals surface area (Å²) in [5.41, 5.74) is -1.61. The Bertz CT molecular complexity index is 302. The lowest BCUT2D eigenvalue weighted by molar-refractivity contribution is -0.137. The minimum Gasteiger partial charge on any atom is -0.246 e. The van der Waals surface area contributed by atoms with E-state index < -0.39 is 29.8 Å². The quantitative estimate of drug-likeness (QED) is 0.604. The van der Waals surface area contributed by atoms with E-state index in [0.29, 0.717) is 18.2 Å². The van der Waals surface area contributed by atoms with Crippen LogP contribution in [0.15, 0.2) is 18.2 Å². The Kier molecular flexibility index (Phi) is 2.54. The molecular weight excluding hydrogens is 191 g/mol. The normalized spacial score (nSPS) is 11.8. The molecule has 0 aromatic heterocycles. The number of hydrogen-bond acceptors (Lipinski definition) is 0. The van der Waals surface area contributed by atoms with Crippen LogP contribution in [0.5, 0.6) is 0 Å². The molecule has 0 aliphatic carbocycles. The zero-order valence-electron chi connectivity index (χ0n) is 6.33. The lowest BCUT2D eigenvalue weighted by Crippen LogP contribution is -2.05. The van der Waals surface area contributed by atoms with Gasteiger partial charge in [0.1, 0.15) is 12.5 Å². The summed E-state index contributed by atoms with van der Waals surface area (Å²) < 4.78 is 60.5. The first-order valence-electron chi connectivity index (χ1n) is 3.36. The van der Waals surface area contributed by atoms with E-state index in [0.717, 1.165) is 0 Å². The molecule has 0 atom stereocenters. The van der Waals surface area contributed by atoms with E-state index in [1.165, 1.54) is 0 Å². The molecule has 0 spiro atoms. The highest BCUT2D eigenvalue weighted by atomic mass is 19.4. The van der Waals surface area contributed by atoms with E-state index in [1.807, 2.05) is 0 Å². The Morgan fingerprint density at radius 1 is 1.15 bits per heavy atom. The lowest BCUT2D eigenvalue weighted by Gasteiger charge is -2.07. The van der Waals surface area contributed by atoms with Gasteiger partial charge in [0.15, 0.2) is 0 Å². The molecule has 0 radical (unpaired) electrons. The maximum atomic E-state index is 12.6. The number of rotatable bonds is 1. The van der Waals surface area contributed by atoms with Gasteiger partial charge in [-0.2, -0.15) is 13.2 Å². The topological polar surface area (TPSA) is 0 Å². The molecule has 0 aliphatic heterocycles. The van der Waals surface area contributed by atoms with Gasteiger partial charge in [-0.3, -0.25) is 0 Å². The first kappa shape index (κ1) is 9.95. The van der Waals surface area contributed by atoms with Gasteiger partial charge in [-0.1, -0.05) is 0 Å². The third-order valence-electron chi connectivity index (χ3n) is 1.52. The molecule has 72 valence electrons. The van der Waals surface area contributed by atoms with Gasteiger partial charge in [0.2, 0.25) is 0 Å². The molecule has 0 saturated heterocycles. The van der Waals surface area contributed by atoms with Crippen LogP contribution in [0.3, 0.4) is 0 Å². The molecule has 0 unspecified atom stereocenters. The van der Waals surface area contributed by atoms with E-state index in [9.17, 15) is 22.0 Å². The van der Waals surface area contributed by atoms with Crippen LogP contribution in [0, 0.1) is 5.82 Å². The van der Waals surface area contributed by atoms with Crippen LogP contribution in [-0.4, -0.2) is 0 Å². The smallest absolute Gasteiger partial charge is 0.246 e. The summed E-state index contributed by atoms with van der Waals surface area (Å²) in [6.45, 7) is -1.24. The van der Waals surface area contributed by atoms with Crippen molar-refractivity contribution in [1.82, 2.24) is 0 Å². The maximum Gasteiger partial charge on any atom is 0.416 e. The third-order valence-corrected chi connectivity index (χ3v) is 1.52. The van der Waals surface area contributed by atoms with Crippen LogP contribution >= 0.6 is 0 Å². The average molecular weight is 196 g/mol. The second-order valence-corrected chi connectivity index (χ2v) is 2.44. The highest BCUT2D eigenvalue weighted by molar-refractivity contribution is 5.26. The van der Waals surface area contributed by atoms with Gasteiger partial charge in [-0.25, -0.2) is 8.78 Å². The molecule has 0 fully saturated rings. The SMILES string of the molecule is FCc1cc(C(F)(F)F)ccc1F. The van der Waals surface area contributed by atoms with Crippen molar-refractivity contribution in [3.05, 3.63) is 35.1 Å². The van der Waals surface area contributed by atoms with Gasteiger partial charge in [0.25, 0.3) is 0 Å². The number of benzene rings is 1. The molecule has 0 aliphatic rings. The lowest BCUT2D eigenvalue weighted by atomic mass is 10.1. The Morgan fingerprint density at radius 2 is 1.77 bits per heavy atom. The standard InChI is InChI=1S/C8H5F5/c9-4-5-3-6(8(11,12)13)1-2-7(5)10/h1-3H,4H2. The molecule has 0 saturated carbocycles. The van der Waals surface area contributed by atoms with Crippen LogP contribution in [0.4, 0.5) is 22.0 Å². The summed E-state index contributed by atoms with van der Waals surface area (Å²) in [4.78, 5) is 0. The van der Waals surface area contributed by atoms with E-state index in [2.05, 4.69) is 0 Å². The van der Waals surface area contributed by atoms with Crippen LogP contribution in [0.1, 0.15) is 11.1 Å². The number of alkyl halides is 4. The molecule has 0 amide bonds. The minimum atomic E-state index is -4.56. The van der Waals surface area contributed by atoms with E-state index in [4.69, 9.17) is 0 Å². The molecule has 5 heteroatoms. The fraction of sp³-hybridized carbons (Fsp3) is 0.250. The van der Waals surface area contributed by atoms with Crippen molar-refractivity contribution in [2.24, 2.45) is 0 Å². The van der Waals surface area contributed by atoms with Crippen LogP contribution in [0.25, 0.3) is 0 Å². The molecule has 0 N–H and O–H groups in total. The molecule has 0 bridgehead atoms. The first-order chi connectivity index (χ1) is 5.95. The van der Waals surface area contributed by atoms with Gasteiger partial charge >= 0.3 is 6.18 Å². The fourth-order valence-corrected chi connectivity index (χ4v) is 0.853. The zero-order chi connectivity index (χ0) is 10.1. The van der Waals surface area contributed by atoms with Crippen molar-refractivity contribution in [2.45, 2.75) is 12.9 Å². The largest absolute Gasteiger partial charge is 0.416 e. The number of hydrogen-bond donors (Lipinski definition) is 0. The van der Waals surface area contributed by atoms with Gasteiger partial charge in [0, 0.05) is 5.56 Å². The van der Waals surface area contributed by atoms with Gasteiger partial charge in [0.05, 0.1) is 5.56 Å². The highest BCUT2D eigenvalue weighted by Gasteiger charge is 2.30. The van der Waals surface area contributed by atoms with E-state index in [-0.39, 0.29) is 0 Å². The first-order valence-corrected chi connectivity index (χ1v) is 3.36. The van der Waals surface area contributed by atoms with Crippen molar-refractivity contribution in [2.75, 3.05) is 0 Å². The van der Waals surface area contributed by atoms with Crippen molar-refractivity contribution in [1.29, 1.82) is 0 Å². The van der Waals surface area contributed by atoms with E-state index >= 15 is 0 Å². The average Bonchev–Trinajstić information content (AvgIpc) is 2.03. The second kappa shape index (κ2) is 3.32. The molecule has 0 heterocycles. The van der Waals surface area contributed by atoms with Gasteiger partial charge < -0.3 is 0 Å². The molecule has 1 aromatic rings. The molecule has 1 rings (SSSR count). The highest BCUT2D eigenvalue weighted by Crippen LogP contribution is 2.30. The Labute approximate surface area is 71.0 Å². The molecule has 13 heavy (non-hydrogen) atoms. The third kappa shape index (κ3) is 2.17. The van der Waals surface area contributed by atoms with Crippen molar-refractivity contribution in [3.8, 4) is 0 Å². The molecule has 0 nitrogen and oxygen atoms in total. The fourth-order valence-electron chi connectivity index (χ4n) is 0.853. The van der Waals surface area contributed by atoms with Gasteiger partial charge in [-0.15, -0.1) is 0 Å². The van der Waals surface area contributed by atoms with Gasteiger partial charge in [-0.05, 0) is 18.2 Å². The summed E-state index contributed by atoms with van der Waals surface area (Å²) in [5.74, 6) is -0.962. The summed E-state index contributed by atoms with van der Waals surface area (Å²) in [6.07, 6.45) is -4.56. The summed E-state index contributed by atoms with van der Waals surface area (Å²) >= 11 is 0. The summed E-state index contributed by atoms with van der Waals surface area (Å²) in [7, 11) is 0. The van der Waals surface area contributed by atoms with Crippen LogP contribution < -0.4 is 0 Å². The summed E-state index contributed by atoms with van der Waals surface area (Å²) in [6, 6.07) is 1.65. The second-order valence-electron chi connectivity index (χ2n) is 2.44. The predicted octanol–water partition coefficient (Wildman–Crippen LogP) is 3.31. The predicted molar refractivity (Wildman–Crippen MR) is 36.2 cm³/mol. The minimum absolute atomic E-state index is 0.468. The van der Waals surface area contributed by atoms with Crippen LogP contribution in [0.2, 0.25) is 0 Å². The zero-order valence-corrected chi connectivity index (χ0v) is 6.33. The maximum absolute atomic E-state index is 12.6. The van der Waals surface area contributed by atoms with Crippen molar-refractivity contribution in [3.63, 3.8) is 0 Å². The Hall–Kier alpha value is -1.13. The Morgan fingerprint density at radius 3 is 2.23 bits per heavy atom. The van der Waals surface area contributed by atoms with Crippen molar-refractivity contribution < 1.29 is 22.0 Å². The van der Waals surface area contributed by atoms with E-state index in [1.54, 1.807) is 0 Å². The molecular formula is C8H5F5. The number of halogens is 5. The Balaban J connectivity index is 3.14. The molecule has 1 aromatic carbocycles. The summed E-state index contributed by atoms with van der Waals surface area (Å²) in [5, 5.41) is 0. The monoisotopic (exact) mass is 196 g/mol. The van der Waals surface area contributed by atoms with Crippen molar-refractivity contribution >= 4 is 0 Å². The van der Waals surface area contributed by atoms with Crippen LogP contribution in [-0.2, 0) is 12.9 Å².